The lowest BCUT2D eigenvalue weighted by molar-refractivity contribution is 0.0898. The second-order valence-electron chi connectivity index (χ2n) is 6.23. The molecule has 1 aliphatic carbocycles. The fourth-order valence-corrected chi connectivity index (χ4v) is 4.10. The summed E-state index contributed by atoms with van der Waals surface area (Å²) in [5, 5.41) is 4.98. The van der Waals surface area contributed by atoms with E-state index in [9.17, 15) is 9.59 Å². The van der Waals surface area contributed by atoms with Crippen molar-refractivity contribution >= 4 is 23.0 Å². The molecule has 0 radical (unpaired) electrons. The van der Waals surface area contributed by atoms with Crippen molar-refractivity contribution in [2.45, 2.75) is 38.1 Å². The number of ketones is 1. The summed E-state index contributed by atoms with van der Waals surface area (Å²) in [5.41, 5.74) is 1.28. The van der Waals surface area contributed by atoms with Gasteiger partial charge in [0.05, 0.1) is 23.1 Å². The molecule has 0 bridgehead atoms. The third-order valence-electron chi connectivity index (χ3n) is 4.64. The van der Waals surface area contributed by atoms with E-state index < -0.39 is 0 Å². The van der Waals surface area contributed by atoms with E-state index in [0.717, 1.165) is 37.0 Å². The topological polar surface area (TPSA) is 55.4 Å². The third kappa shape index (κ3) is 3.22. The van der Waals surface area contributed by atoms with Crippen LogP contribution in [-0.2, 0) is 5.54 Å². The van der Waals surface area contributed by atoms with Crippen molar-refractivity contribution in [2.24, 2.45) is 0 Å². The van der Waals surface area contributed by atoms with Gasteiger partial charge in [-0.1, -0.05) is 25.0 Å². The van der Waals surface area contributed by atoms with Gasteiger partial charge in [-0.3, -0.25) is 9.59 Å². The minimum absolute atomic E-state index is 0.0116. The van der Waals surface area contributed by atoms with Crippen molar-refractivity contribution in [2.75, 3.05) is 7.11 Å². The van der Waals surface area contributed by atoms with E-state index in [2.05, 4.69) is 5.32 Å². The minimum Gasteiger partial charge on any atom is -0.497 e. The predicted molar refractivity (Wildman–Crippen MR) is 94.9 cm³/mol. The van der Waals surface area contributed by atoms with Crippen molar-refractivity contribution in [3.05, 3.63) is 51.7 Å². The maximum absolute atomic E-state index is 12.7. The van der Waals surface area contributed by atoms with Gasteiger partial charge in [-0.2, -0.15) is 0 Å². The Labute approximate surface area is 145 Å². The molecule has 1 saturated carbocycles. The smallest absolute Gasteiger partial charge is 0.252 e. The molecule has 1 amide bonds. The van der Waals surface area contributed by atoms with E-state index >= 15 is 0 Å². The molecule has 1 heterocycles. The van der Waals surface area contributed by atoms with E-state index in [1.807, 2.05) is 24.3 Å². The van der Waals surface area contributed by atoms with Gasteiger partial charge in [0.2, 0.25) is 0 Å². The lowest BCUT2D eigenvalue weighted by Crippen LogP contribution is -2.43. The van der Waals surface area contributed by atoms with E-state index in [-0.39, 0.29) is 17.2 Å². The van der Waals surface area contributed by atoms with Crippen LogP contribution in [0.2, 0.25) is 0 Å². The second-order valence-corrected chi connectivity index (χ2v) is 7.14. The first kappa shape index (κ1) is 16.7. The van der Waals surface area contributed by atoms with Crippen LogP contribution in [0.15, 0.2) is 35.7 Å². The molecule has 1 aromatic carbocycles. The van der Waals surface area contributed by atoms with Crippen LogP contribution in [-0.4, -0.2) is 18.8 Å². The van der Waals surface area contributed by atoms with Gasteiger partial charge in [0.15, 0.2) is 5.78 Å². The van der Waals surface area contributed by atoms with Crippen LogP contribution in [0.5, 0.6) is 5.75 Å². The van der Waals surface area contributed by atoms with Crippen LogP contribution in [0.25, 0.3) is 0 Å². The first-order valence-corrected chi connectivity index (χ1v) is 8.98. The quantitative estimate of drug-likeness (QED) is 0.830. The van der Waals surface area contributed by atoms with Crippen LogP contribution in [0, 0.1) is 0 Å². The molecular formula is C19H21NO3S. The Morgan fingerprint density at radius 3 is 2.58 bits per heavy atom. The maximum atomic E-state index is 12.7. The highest BCUT2D eigenvalue weighted by atomic mass is 32.1. The number of thiophene rings is 1. The number of Topliss-reactive ketones (excluding diaryl/α,β-unsaturated/α-hetero) is 1. The number of amides is 1. The largest absolute Gasteiger partial charge is 0.497 e. The molecule has 4 nitrogen and oxygen atoms in total. The van der Waals surface area contributed by atoms with Crippen molar-refractivity contribution in [1.29, 1.82) is 0 Å². The predicted octanol–water partition coefficient (Wildman–Crippen LogP) is 4.16. The van der Waals surface area contributed by atoms with Gasteiger partial charge in [-0.25, -0.2) is 0 Å². The van der Waals surface area contributed by atoms with Crippen molar-refractivity contribution in [3.63, 3.8) is 0 Å². The highest BCUT2D eigenvalue weighted by Crippen LogP contribution is 2.40. The van der Waals surface area contributed by atoms with Crippen LogP contribution in [0.1, 0.15) is 58.2 Å². The zero-order valence-electron chi connectivity index (χ0n) is 13.9. The highest BCUT2D eigenvalue weighted by Gasteiger charge is 2.37. The Morgan fingerprint density at radius 1 is 1.21 bits per heavy atom. The van der Waals surface area contributed by atoms with Gasteiger partial charge >= 0.3 is 0 Å². The van der Waals surface area contributed by atoms with Gasteiger partial charge in [-0.05, 0) is 43.5 Å². The summed E-state index contributed by atoms with van der Waals surface area (Å²) >= 11 is 1.31. The monoisotopic (exact) mass is 343 g/mol. The molecule has 0 saturated heterocycles. The number of rotatable bonds is 5. The number of hydrogen-bond acceptors (Lipinski definition) is 4. The molecule has 2 aromatic rings. The van der Waals surface area contributed by atoms with E-state index in [1.54, 1.807) is 18.6 Å². The summed E-state index contributed by atoms with van der Waals surface area (Å²) in [5.74, 6) is 0.660. The number of nitrogens with one attached hydrogen (secondary N) is 1. The molecular weight excluding hydrogens is 322 g/mol. The standard InChI is InChI=1S/C19H21NO3S/c1-13(21)17-10-14(12-24-17)18(22)20-19(8-3-4-9-19)15-6-5-7-16(11-15)23-2/h5-7,10-12H,3-4,8-9H2,1-2H3,(H,20,22). The number of methoxy groups -OCH3 is 1. The Bertz CT molecular complexity index is 759. The molecule has 1 N–H and O–H groups in total. The summed E-state index contributed by atoms with van der Waals surface area (Å²) < 4.78 is 5.33. The molecule has 5 heteroatoms. The zero-order chi connectivity index (χ0) is 17.2. The second kappa shape index (κ2) is 6.77. The Kier molecular flexibility index (Phi) is 4.71. The molecule has 1 aromatic heterocycles. The Morgan fingerprint density at radius 2 is 1.96 bits per heavy atom. The zero-order valence-corrected chi connectivity index (χ0v) is 14.7. The molecule has 0 unspecified atom stereocenters. The molecule has 24 heavy (non-hydrogen) atoms. The minimum atomic E-state index is -0.357. The third-order valence-corrected chi connectivity index (χ3v) is 5.67. The van der Waals surface area contributed by atoms with Crippen LogP contribution >= 0.6 is 11.3 Å². The summed E-state index contributed by atoms with van der Waals surface area (Å²) in [7, 11) is 1.65. The molecule has 0 aliphatic heterocycles. The van der Waals surface area contributed by atoms with E-state index in [1.165, 1.54) is 18.3 Å². The Balaban J connectivity index is 1.87. The first-order valence-electron chi connectivity index (χ1n) is 8.10. The molecule has 3 rings (SSSR count). The van der Waals surface area contributed by atoms with Gasteiger partial charge in [-0.15, -0.1) is 11.3 Å². The molecule has 126 valence electrons. The SMILES string of the molecule is COc1cccc(C2(NC(=O)c3csc(C(C)=O)c3)CCCC2)c1. The van der Waals surface area contributed by atoms with Crippen LogP contribution in [0.4, 0.5) is 0 Å². The number of ether oxygens (including phenoxy) is 1. The normalized spacial score (nSPS) is 15.9. The van der Waals surface area contributed by atoms with E-state index in [4.69, 9.17) is 4.74 Å². The lowest BCUT2D eigenvalue weighted by atomic mass is 9.87. The van der Waals surface area contributed by atoms with Gasteiger partial charge < -0.3 is 10.1 Å². The summed E-state index contributed by atoms with van der Waals surface area (Å²) in [6.07, 6.45) is 3.99. The number of hydrogen-bond donors (Lipinski definition) is 1. The number of carbonyl (C=O) groups excluding carboxylic acids is 2. The van der Waals surface area contributed by atoms with Crippen molar-refractivity contribution in [3.8, 4) is 5.75 Å². The number of benzene rings is 1. The van der Waals surface area contributed by atoms with Crippen molar-refractivity contribution < 1.29 is 14.3 Å². The van der Waals surface area contributed by atoms with Gasteiger partial charge in [0, 0.05) is 5.38 Å². The maximum Gasteiger partial charge on any atom is 0.252 e. The van der Waals surface area contributed by atoms with Gasteiger partial charge in [0.1, 0.15) is 5.75 Å². The average molecular weight is 343 g/mol. The van der Waals surface area contributed by atoms with Crippen LogP contribution in [0.3, 0.4) is 0 Å². The molecule has 1 aliphatic rings. The fraction of sp³-hybridized carbons (Fsp3) is 0.368. The summed E-state index contributed by atoms with van der Waals surface area (Å²) in [4.78, 5) is 24.8. The average Bonchev–Trinajstić information content (AvgIpc) is 3.25. The molecule has 1 fully saturated rings. The Hall–Kier alpha value is -2.14. The molecule has 0 spiro atoms. The van der Waals surface area contributed by atoms with Crippen molar-refractivity contribution in [1.82, 2.24) is 5.32 Å². The van der Waals surface area contributed by atoms with E-state index in [0.29, 0.717) is 10.4 Å². The first-order chi connectivity index (χ1) is 11.5. The highest BCUT2D eigenvalue weighted by molar-refractivity contribution is 7.12. The van der Waals surface area contributed by atoms with Crippen LogP contribution < -0.4 is 10.1 Å². The van der Waals surface area contributed by atoms with Gasteiger partial charge in [0.25, 0.3) is 5.91 Å². The summed E-state index contributed by atoms with van der Waals surface area (Å²) in [6, 6.07) is 9.59. The lowest BCUT2D eigenvalue weighted by Gasteiger charge is -2.31. The summed E-state index contributed by atoms with van der Waals surface area (Å²) in [6.45, 7) is 1.52. The number of carbonyl (C=O) groups is 2. The fourth-order valence-electron chi connectivity index (χ4n) is 3.31. The molecule has 0 atom stereocenters.